The second-order valence-electron chi connectivity index (χ2n) is 3.99. The minimum Gasteiger partial charge on any atom is -0.389 e. The highest BCUT2D eigenvalue weighted by atomic mass is 16.3. The first-order valence-electron chi connectivity index (χ1n) is 5.43. The monoisotopic (exact) mass is 208 g/mol. The van der Waals surface area contributed by atoms with Crippen LogP contribution in [0.25, 0.3) is 0 Å². The van der Waals surface area contributed by atoms with Gasteiger partial charge in [0.1, 0.15) is 5.82 Å². The maximum Gasteiger partial charge on any atom is 0.128 e. The summed E-state index contributed by atoms with van der Waals surface area (Å²) in [6.45, 7) is 6.07. The quantitative estimate of drug-likeness (QED) is 0.825. The molecule has 0 aromatic carbocycles. The van der Waals surface area contributed by atoms with Crippen LogP contribution in [0.2, 0.25) is 0 Å². The lowest BCUT2D eigenvalue weighted by Crippen LogP contribution is -2.28. The Balaban J connectivity index is 2.79. The standard InChI is InChI=1S/C12H20N2O/c1-5-9(2)14(4)12-7-6-11(8-13-12)10(3)15/h6-10,15H,5H2,1-4H3/t9?,10-/m0/s1. The molecule has 0 aliphatic heterocycles. The van der Waals surface area contributed by atoms with Crippen LogP contribution < -0.4 is 4.90 Å². The van der Waals surface area contributed by atoms with Crippen molar-refractivity contribution >= 4 is 5.82 Å². The molecule has 1 rings (SSSR count). The lowest BCUT2D eigenvalue weighted by molar-refractivity contribution is 0.199. The Bertz CT molecular complexity index is 295. The molecule has 1 aromatic rings. The number of aromatic nitrogens is 1. The normalized spacial score (nSPS) is 14.7. The summed E-state index contributed by atoms with van der Waals surface area (Å²) in [5.74, 6) is 0.953. The molecule has 0 amide bonds. The summed E-state index contributed by atoms with van der Waals surface area (Å²) in [6, 6.07) is 4.36. The van der Waals surface area contributed by atoms with Crippen LogP contribution in [0, 0.1) is 0 Å². The first-order valence-corrected chi connectivity index (χ1v) is 5.43. The van der Waals surface area contributed by atoms with Crippen molar-refractivity contribution in [2.75, 3.05) is 11.9 Å². The number of hydrogen-bond donors (Lipinski definition) is 1. The fraction of sp³-hybridized carbons (Fsp3) is 0.583. The van der Waals surface area contributed by atoms with Crippen molar-refractivity contribution in [2.24, 2.45) is 0 Å². The van der Waals surface area contributed by atoms with E-state index in [4.69, 9.17) is 0 Å². The lowest BCUT2D eigenvalue weighted by Gasteiger charge is -2.25. The van der Waals surface area contributed by atoms with E-state index in [1.165, 1.54) is 0 Å². The zero-order chi connectivity index (χ0) is 11.4. The molecule has 1 heterocycles. The molecule has 1 aromatic heterocycles. The first kappa shape index (κ1) is 12.0. The molecule has 1 unspecified atom stereocenters. The van der Waals surface area contributed by atoms with Crippen LogP contribution in [0.5, 0.6) is 0 Å². The molecule has 1 N–H and O–H groups in total. The van der Waals surface area contributed by atoms with Gasteiger partial charge in [-0.1, -0.05) is 13.0 Å². The number of nitrogens with zero attached hydrogens (tertiary/aromatic N) is 2. The van der Waals surface area contributed by atoms with E-state index in [0.29, 0.717) is 6.04 Å². The van der Waals surface area contributed by atoms with E-state index in [0.717, 1.165) is 17.8 Å². The Labute approximate surface area is 91.8 Å². The summed E-state index contributed by atoms with van der Waals surface area (Å²) < 4.78 is 0. The number of anilines is 1. The highest BCUT2D eigenvalue weighted by Gasteiger charge is 2.09. The van der Waals surface area contributed by atoms with Gasteiger partial charge < -0.3 is 10.0 Å². The Morgan fingerprint density at radius 1 is 1.40 bits per heavy atom. The van der Waals surface area contributed by atoms with Crippen LogP contribution in [0.4, 0.5) is 5.82 Å². The van der Waals surface area contributed by atoms with Crippen LogP contribution >= 0.6 is 0 Å². The van der Waals surface area contributed by atoms with E-state index in [-0.39, 0.29) is 0 Å². The van der Waals surface area contributed by atoms with Gasteiger partial charge in [-0.2, -0.15) is 0 Å². The molecule has 84 valence electrons. The number of hydrogen-bond acceptors (Lipinski definition) is 3. The van der Waals surface area contributed by atoms with Crippen molar-refractivity contribution in [3.05, 3.63) is 23.9 Å². The molecule has 0 fully saturated rings. The molecule has 0 radical (unpaired) electrons. The number of aliphatic hydroxyl groups excluding tert-OH is 1. The van der Waals surface area contributed by atoms with E-state index >= 15 is 0 Å². The maximum atomic E-state index is 9.35. The SMILES string of the molecule is CCC(C)N(C)c1ccc([C@H](C)O)cn1. The topological polar surface area (TPSA) is 36.4 Å². The average molecular weight is 208 g/mol. The van der Waals surface area contributed by atoms with Gasteiger partial charge in [-0.25, -0.2) is 4.98 Å². The molecule has 3 heteroatoms. The van der Waals surface area contributed by atoms with Gasteiger partial charge in [0.25, 0.3) is 0 Å². The third kappa shape index (κ3) is 2.93. The largest absolute Gasteiger partial charge is 0.389 e. The van der Waals surface area contributed by atoms with Gasteiger partial charge in [-0.15, -0.1) is 0 Å². The first-order chi connectivity index (χ1) is 7.06. The molecule has 0 bridgehead atoms. The van der Waals surface area contributed by atoms with Gasteiger partial charge in [0.2, 0.25) is 0 Å². The van der Waals surface area contributed by atoms with Gasteiger partial charge in [-0.3, -0.25) is 0 Å². The van der Waals surface area contributed by atoms with E-state index in [9.17, 15) is 5.11 Å². The van der Waals surface area contributed by atoms with E-state index in [2.05, 4.69) is 23.7 Å². The van der Waals surface area contributed by atoms with Gasteiger partial charge in [0, 0.05) is 19.3 Å². The number of aliphatic hydroxyl groups is 1. The van der Waals surface area contributed by atoms with Crippen LogP contribution in [0.3, 0.4) is 0 Å². The Morgan fingerprint density at radius 3 is 2.47 bits per heavy atom. The summed E-state index contributed by atoms with van der Waals surface area (Å²) in [7, 11) is 2.04. The Hall–Kier alpha value is -1.09. The van der Waals surface area contributed by atoms with Crippen molar-refractivity contribution in [3.8, 4) is 0 Å². The predicted octanol–water partition coefficient (Wildman–Crippen LogP) is 2.37. The molecule has 3 nitrogen and oxygen atoms in total. The van der Waals surface area contributed by atoms with Crippen molar-refractivity contribution < 1.29 is 5.11 Å². The Kier molecular flexibility index (Phi) is 4.09. The van der Waals surface area contributed by atoms with Crippen molar-refractivity contribution in [1.82, 2.24) is 4.98 Å². The molecule has 0 spiro atoms. The molecular formula is C12H20N2O. The lowest BCUT2D eigenvalue weighted by atomic mass is 10.2. The highest BCUT2D eigenvalue weighted by Crippen LogP contribution is 2.17. The molecule has 0 aliphatic carbocycles. The molecule has 0 saturated carbocycles. The second kappa shape index (κ2) is 5.12. The maximum absolute atomic E-state index is 9.35. The van der Waals surface area contributed by atoms with Crippen LogP contribution in [0.1, 0.15) is 38.9 Å². The van der Waals surface area contributed by atoms with Crippen molar-refractivity contribution in [2.45, 2.75) is 39.3 Å². The number of pyridine rings is 1. The van der Waals surface area contributed by atoms with Gasteiger partial charge >= 0.3 is 0 Å². The minimum absolute atomic E-state index is 0.444. The molecule has 15 heavy (non-hydrogen) atoms. The summed E-state index contributed by atoms with van der Waals surface area (Å²) in [5.41, 5.74) is 0.858. The zero-order valence-electron chi connectivity index (χ0n) is 9.94. The van der Waals surface area contributed by atoms with Crippen molar-refractivity contribution in [1.29, 1.82) is 0 Å². The summed E-state index contributed by atoms with van der Waals surface area (Å²) >= 11 is 0. The van der Waals surface area contributed by atoms with E-state index in [1.54, 1.807) is 13.1 Å². The highest BCUT2D eigenvalue weighted by molar-refractivity contribution is 5.39. The predicted molar refractivity (Wildman–Crippen MR) is 63.0 cm³/mol. The Morgan fingerprint density at radius 2 is 2.07 bits per heavy atom. The van der Waals surface area contributed by atoms with Gasteiger partial charge in [-0.05, 0) is 31.9 Å². The summed E-state index contributed by atoms with van der Waals surface area (Å²) in [6.07, 6.45) is 2.38. The van der Waals surface area contributed by atoms with Gasteiger partial charge in [0.15, 0.2) is 0 Å². The van der Waals surface area contributed by atoms with Crippen LogP contribution in [-0.2, 0) is 0 Å². The van der Waals surface area contributed by atoms with Crippen molar-refractivity contribution in [3.63, 3.8) is 0 Å². The fourth-order valence-electron chi connectivity index (χ4n) is 1.35. The van der Waals surface area contributed by atoms with Crippen LogP contribution in [-0.4, -0.2) is 23.2 Å². The zero-order valence-corrected chi connectivity index (χ0v) is 9.94. The third-order valence-electron chi connectivity index (χ3n) is 2.87. The summed E-state index contributed by atoms with van der Waals surface area (Å²) in [4.78, 5) is 6.48. The smallest absolute Gasteiger partial charge is 0.128 e. The molecular weight excluding hydrogens is 188 g/mol. The van der Waals surface area contributed by atoms with Crippen LogP contribution in [0.15, 0.2) is 18.3 Å². The van der Waals surface area contributed by atoms with E-state index < -0.39 is 6.10 Å². The summed E-state index contributed by atoms with van der Waals surface area (Å²) in [5, 5.41) is 9.35. The molecule has 0 aliphatic rings. The van der Waals surface area contributed by atoms with E-state index in [1.807, 2.05) is 19.2 Å². The number of rotatable bonds is 4. The second-order valence-corrected chi connectivity index (χ2v) is 3.99. The minimum atomic E-state index is -0.444. The molecule has 0 saturated heterocycles. The third-order valence-corrected chi connectivity index (χ3v) is 2.87. The molecule has 2 atom stereocenters. The average Bonchev–Trinajstić information content (AvgIpc) is 2.27. The van der Waals surface area contributed by atoms with Gasteiger partial charge in [0.05, 0.1) is 6.10 Å². The fourth-order valence-corrected chi connectivity index (χ4v) is 1.35.